The second-order valence-corrected chi connectivity index (χ2v) is 7.30. The molecule has 0 aliphatic carbocycles. The lowest BCUT2D eigenvalue weighted by molar-refractivity contribution is -0.268. The van der Waals surface area contributed by atoms with Gasteiger partial charge in [0, 0.05) is 12.1 Å². The van der Waals surface area contributed by atoms with E-state index in [2.05, 4.69) is 0 Å². The van der Waals surface area contributed by atoms with E-state index in [0.29, 0.717) is 0 Å². The van der Waals surface area contributed by atoms with Crippen LogP contribution in [0.1, 0.15) is 6.92 Å². The average Bonchev–Trinajstić information content (AvgIpc) is 2.72. The standard InChI is InChI=1S/C21H20O10/c1-8-17(25)19(27)20(28)21(30-8)31-14-4-9(2-3-12(14)23)11-7-29-15-6-10(22)5-13(24)16(15)18(11)26/h2-8,17,19-25,27-28H,1H3/t8-,17-,19+,20+,21-/m0/s1. The molecule has 0 spiro atoms. The molecule has 10 nitrogen and oxygen atoms in total. The first kappa shape index (κ1) is 20.9. The Bertz CT molecular complexity index is 1190. The minimum absolute atomic E-state index is 0.0123. The maximum absolute atomic E-state index is 12.9. The monoisotopic (exact) mass is 432 g/mol. The second-order valence-electron chi connectivity index (χ2n) is 7.30. The number of rotatable bonds is 3. The van der Waals surface area contributed by atoms with Crippen molar-refractivity contribution in [1.82, 2.24) is 0 Å². The van der Waals surface area contributed by atoms with Crippen molar-refractivity contribution in [2.45, 2.75) is 37.6 Å². The Morgan fingerprint density at radius 3 is 2.42 bits per heavy atom. The molecule has 6 N–H and O–H groups in total. The minimum Gasteiger partial charge on any atom is -0.508 e. The molecule has 1 saturated heterocycles. The smallest absolute Gasteiger partial charge is 0.229 e. The summed E-state index contributed by atoms with van der Waals surface area (Å²) in [5, 5.41) is 59.5. The summed E-state index contributed by atoms with van der Waals surface area (Å²) < 4.78 is 16.2. The van der Waals surface area contributed by atoms with Gasteiger partial charge >= 0.3 is 0 Å². The van der Waals surface area contributed by atoms with Crippen LogP contribution in [0, 0.1) is 0 Å². The molecule has 31 heavy (non-hydrogen) atoms. The van der Waals surface area contributed by atoms with Crippen LogP contribution in [0.3, 0.4) is 0 Å². The fourth-order valence-corrected chi connectivity index (χ4v) is 3.43. The Labute approximate surface area is 174 Å². The van der Waals surface area contributed by atoms with Crippen molar-refractivity contribution in [3.8, 4) is 34.1 Å². The molecule has 164 valence electrons. The Balaban J connectivity index is 1.72. The highest BCUT2D eigenvalue weighted by atomic mass is 16.7. The van der Waals surface area contributed by atoms with Gasteiger partial charge in [-0.2, -0.15) is 0 Å². The summed E-state index contributed by atoms with van der Waals surface area (Å²) in [6.45, 7) is 1.48. The molecule has 1 fully saturated rings. The van der Waals surface area contributed by atoms with E-state index in [-0.39, 0.29) is 39.3 Å². The first-order valence-electron chi connectivity index (χ1n) is 9.34. The van der Waals surface area contributed by atoms with Gasteiger partial charge in [0.2, 0.25) is 11.7 Å². The van der Waals surface area contributed by atoms with Crippen LogP contribution in [0.5, 0.6) is 23.0 Å². The fraction of sp³-hybridized carbons (Fsp3) is 0.286. The average molecular weight is 432 g/mol. The fourth-order valence-electron chi connectivity index (χ4n) is 3.43. The quantitative estimate of drug-likeness (QED) is 0.348. The van der Waals surface area contributed by atoms with Crippen molar-refractivity contribution in [3.63, 3.8) is 0 Å². The van der Waals surface area contributed by atoms with Crippen molar-refractivity contribution in [1.29, 1.82) is 0 Å². The van der Waals surface area contributed by atoms with Crippen molar-refractivity contribution < 1.29 is 44.5 Å². The number of aromatic hydroxyl groups is 3. The largest absolute Gasteiger partial charge is 0.508 e. The van der Waals surface area contributed by atoms with Crippen LogP contribution >= 0.6 is 0 Å². The van der Waals surface area contributed by atoms with Crippen LogP contribution in [0.15, 0.2) is 45.8 Å². The number of hydrogen-bond acceptors (Lipinski definition) is 10. The Hall–Kier alpha value is -3.31. The van der Waals surface area contributed by atoms with Crippen molar-refractivity contribution >= 4 is 11.0 Å². The van der Waals surface area contributed by atoms with Crippen LogP contribution in [-0.4, -0.2) is 61.3 Å². The Morgan fingerprint density at radius 2 is 1.68 bits per heavy atom. The Kier molecular flexibility index (Phi) is 5.23. The topological polar surface area (TPSA) is 170 Å². The van der Waals surface area contributed by atoms with Crippen LogP contribution in [0.4, 0.5) is 0 Å². The lowest BCUT2D eigenvalue weighted by atomic mass is 10.00. The molecule has 1 aliphatic heterocycles. The highest BCUT2D eigenvalue weighted by Gasteiger charge is 2.43. The molecule has 2 heterocycles. The lowest BCUT2D eigenvalue weighted by Crippen LogP contribution is -2.58. The van der Waals surface area contributed by atoms with Gasteiger partial charge in [0.25, 0.3) is 0 Å². The zero-order valence-electron chi connectivity index (χ0n) is 16.2. The number of fused-ring (bicyclic) bond motifs is 1. The van der Waals surface area contributed by atoms with Gasteiger partial charge in [0.15, 0.2) is 11.5 Å². The number of hydrogen-bond donors (Lipinski definition) is 6. The molecule has 3 aromatic rings. The van der Waals surface area contributed by atoms with Gasteiger partial charge in [-0.05, 0) is 24.6 Å². The van der Waals surface area contributed by atoms with Gasteiger partial charge in [-0.15, -0.1) is 0 Å². The van der Waals surface area contributed by atoms with E-state index in [1.807, 2.05) is 0 Å². The molecular formula is C21H20O10. The highest BCUT2D eigenvalue weighted by molar-refractivity contribution is 5.88. The summed E-state index contributed by atoms with van der Waals surface area (Å²) >= 11 is 0. The molecule has 1 aromatic heterocycles. The van der Waals surface area contributed by atoms with Crippen LogP contribution < -0.4 is 10.2 Å². The molecule has 0 saturated carbocycles. The second kappa shape index (κ2) is 7.75. The molecule has 2 aromatic carbocycles. The molecule has 0 amide bonds. The van der Waals surface area contributed by atoms with E-state index < -0.39 is 41.9 Å². The van der Waals surface area contributed by atoms with Gasteiger partial charge in [-0.1, -0.05) is 6.07 Å². The zero-order valence-corrected chi connectivity index (χ0v) is 16.2. The van der Waals surface area contributed by atoms with Crippen molar-refractivity contribution in [2.24, 2.45) is 0 Å². The third-order valence-corrected chi connectivity index (χ3v) is 5.16. The molecule has 10 heteroatoms. The summed E-state index contributed by atoms with van der Waals surface area (Å²) in [5.41, 5.74) is -0.305. The number of phenols is 3. The van der Waals surface area contributed by atoms with E-state index in [4.69, 9.17) is 13.9 Å². The van der Waals surface area contributed by atoms with E-state index in [0.717, 1.165) is 12.3 Å². The number of ether oxygens (including phenoxy) is 2. The predicted octanol–water partition coefficient (Wildman–Crippen LogP) is 0.783. The summed E-state index contributed by atoms with van der Waals surface area (Å²) in [6.07, 6.45) is -5.54. The minimum atomic E-state index is -1.59. The molecule has 0 radical (unpaired) electrons. The molecule has 1 aliphatic rings. The first-order chi connectivity index (χ1) is 14.7. The zero-order chi connectivity index (χ0) is 22.4. The van der Waals surface area contributed by atoms with Gasteiger partial charge in [0.1, 0.15) is 47.0 Å². The Morgan fingerprint density at radius 1 is 0.935 bits per heavy atom. The van der Waals surface area contributed by atoms with E-state index in [9.17, 15) is 35.4 Å². The van der Waals surface area contributed by atoms with Crippen LogP contribution in [0.2, 0.25) is 0 Å². The van der Waals surface area contributed by atoms with Crippen LogP contribution in [0.25, 0.3) is 22.1 Å². The van der Waals surface area contributed by atoms with E-state index >= 15 is 0 Å². The number of aliphatic hydroxyl groups is 3. The normalized spacial score (nSPS) is 26.1. The van der Waals surface area contributed by atoms with Gasteiger partial charge in [0.05, 0.1) is 11.7 Å². The van der Waals surface area contributed by atoms with E-state index in [1.54, 1.807) is 0 Å². The highest BCUT2D eigenvalue weighted by Crippen LogP contribution is 2.35. The SMILES string of the molecule is C[C@@H]1O[C@@H](Oc2cc(-c3coc4cc(O)cc(O)c4c3=O)ccc2O)[C@H](O)[C@H](O)[C@H]1O. The summed E-state index contributed by atoms with van der Waals surface area (Å²) in [5.74, 6) is -1.22. The summed E-state index contributed by atoms with van der Waals surface area (Å²) in [7, 11) is 0. The first-order valence-corrected chi connectivity index (χ1v) is 9.34. The lowest BCUT2D eigenvalue weighted by Gasteiger charge is -2.38. The van der Waals surface area contributed by atoms with E-state index in [1.165, 1.54) is 31.2 Å². The van der Waals surface area contributed by atoms with Crippen molar-refractivity contribution in [3.05, 3.63) is 46.8 Å². The number of aliphatic hydroxyl groups excluding tert-OH is 3. The maximum atomic E-state index is 12.9. The van der Waals surface area contributed by atoms with Gasteiger partial charge in [-0.25, -0.2) is 0 Å². The van der Waals surface area contributed by atoms with Crippen molar-refractivity contribution in [2.75, 3.05) is 0 Å². The third kappa shape index (κ3) is 3.66. The molecule has 0 unspecified atom stereocenters. The predicted molar refractivity (Wildman–Crippen MR) is 106 cm³/mol. The van der Waals surface area contributed by atoms with Gasteiger partial charge in [-0.3, -0.25) is 4.79 Å². The maximum Gasteiger partial charge on any atom is 0.229 e. The van der Waals surface area contributed by atoms with Crippen LogP contribution in [-0.2, 0) is 4.74 Å². The molecule has 0 bridgehead atoms. The van der Waals surface area contributed by atoms with Gasteiger partial charge < -0.3 is 44.5 Å². The number of benzene rings is 2. The summed E-state index contributed by atoms with van der Waals surface area (Å²) in [4.78, 5) is 12.9. The molecule has 5 atom stereocenters. The molecular weight excluding hydrogens is 412 g/mol. The third-order valence-electron chi connectivity index (χ3n) is 5.16. The summed E-state index contributed by atoms with van der Waals surface area (Å²) in [6, 6.07) is 6.15. The number of phenolic OH excluding ortho intramolecular Hbond substituents is 3. The molecule has 4 rings (SSSR count).